The molecule has 0 saturated heterocycles. The van der Waals surface area contributed by atoms with Crippen LogP contribution in [0.3, 0.4) is 0 Å². The molecule has 0 amide bonds. The molecule has 3 unspecified atom stereocenters. The Morgan fingerprint density at radius 2 is 1.77 bits per heavy atom. The second-order valence-electron chi connectivity index (χ2n) is 11.4. The van der Waals surface area contributed by atoms with Crippen LogP contribution in [0.15, 0.2) is 23.0 Å². The van der Waals surface area contributed by atoms with Crippen LogP contribution >= 0.6 is 0 Å². The molecule has 2 bridgehead atoms. The Morgan fingerprint density at radius 3 is 2.23 bits per heavy atom. The van der Waals surface area contributed by atoms with E-state index in [9.17, 15) is 24.6 Å². The van der Waals surface area contributed by atoms with Gasteiger partial charge in [-0.05, 0) is 64.2 Å². The number of carbonyl (C=O) groups is 3. The van der Waals surface area contributed by atoms with E-state index in [0.29, 0.717) is 6.42 Å². The maximum atomic E-state index is 14.0. The lowest BCUT2D eigenvalue weighted by Crippen LogP contribution is -2.50. The fourth-order valence-corrected chi connectivity index (χ4v) is 6.62. The molecule has 4 atom stereocenters. The summed E-state index contributed by atoms with van der Waals surface area (Å²) in [6.45, 7) is 14.7. The molecule has 2 N–H and O–H groups in total. The number of aliphatic hydroxyl groups excluding tert-OH is 1. The van der Waals surface area contributed by atoms with E-state index in [0.717, 1.165) is 5.57 Å². The van der Waals surface area contributed by atoms with Gasteiger partial charge in [-0.3, -0.25) is 14.4 Å². The Kier molecular flexibility index (Phi) is 5.06. The summed E-state index contributed by atoms with van der Waals surface area (Å²) in [5.74, 6) is -2.57. The van der Waals surface area contributed by atoms with E-state index < -0.39 is 39.3 Å². The average Bonchev–Trinajstić information content (AvgIpc) is 2.97. The van der Waals surface area contributed by atoms with Gasteiger partial charge in [0.1, 0.15) is 11.3 Å². The molecule has 0 heterocycles. The Morgan fingerprint density at radius 1 is 1.20 bits per heavy atom. The minimum atomic E-state index is -1.31. The van der Waals surface area contributed by atoms with E-state index in [1.54, 1.807) is 27.7 Å². The Balaban J connectivity index is 2.32. The van der Waals surface area contributed by atoms with Crippen LogP contribution in [-0.4, -0.2) is 33.2 Å². The van der Waals surface area contributed by atoms with E-state index in [-0.39, 0.29) is 41.8 Å². The van der Waals surface area contributed by atoms with Gasteiger partial charge in [0.15, 0.2) is 17.3 Å². The SMILES string of the molecule is CC(C)=CCC12CC3C(C)(C)C(C(C)(C)O)C[C@]3(C1=O)C(O)=C(C(=O)C(C)C)C2=O. The quantitative estimate of drug-likeness (QED) is 0.395. The molecule has 166 valence electrons. The number of hydrogen-bond donors (Lipinski definition) is 2. The summed E-state index contributed by atoms with van der Waals surface area (Å²) >= 11 is 0. The van der Waals surface area contributed by atoms with Crippen LogP contribution < -0.4 is 0 Å². The van der Waals surface area contributed by atoms with Crippen molar-refractivity contribution in [3.8, 4) is 0 Å². The van der Waals surface area contributed by atoms with Gasteiger partial charge in [-0.25, -0.2) is 0 Å². The molecule has 3 rings (SSSR count). The maximum absolute atomic E-state index is 14.0. The Hall–Kier alpha value is -1.75. The van der Waals surface area contributed by atoms with Crippen molar-refractivity contribution in [2.75, 3.05) is 0 Å². The lowest BCUT2D eigenvalue weighted by atomic mass is 9.62. The fourth-order valence-electron chi connectivity index (χ4n) is 6.62. The number of aliphatic hydroxyl groups is 2. The van der Waals surface area contributed by atoms with Crippen LogP contribution in [-0.2, 0) is 14.4 Å². The zero-order chi connectivity index (χ0) is 23.0. The van der Waals surface area contributed by atoms with Gasteiger partial charge in [-0.1, -0.05) is 39.3 Å². The molecular formula is C25H36O5. The summed E-state index contributed by atoms with van der Waals surface area (Å²) in [4.78, 5) is 40.7. The first-order valence-electron chi connectivity index (χ1n) is 11.0. The van der Waals surface area contributed by atoms with Crippen LogP contribution in [0.4, 0.5) is 0 Å². The highest BCUT2D eigenvalue weighted by atomic mass is 16.3. The number of rotatable bonds is 5. The molecule has 30 heavy (non-hydrogen) atoms. The number of fused-ring (bicyclic) bond motifs is 1. The van der Waals surface area contributed by atoms with Crippen LogP contribution in [0.25, 0.3) is 0 Å². The molecule has 2 fully saturated rings. The van der Waals surface area contributed by atoms with Gasteiger partial charge < -0.3 is 10.2 Å². The van der Waals surface area contributed by atoms with Crippen LogP contribution in [0.2, 0.25) is 0 Å². The minimum absolute atomic E-state index is 0.179. The monoisotopic (exact) mass is 416 g/mol. The van der Waals surface area contributed by atoms with Gasteiger partial charge in [-0.15, -0.1) is 0 Å². The van der Waals surface area contributed by atoms with Crippen molar-refractivity contribution < 1.29 is 24.6 Å². The minimum Gasteiger partial charge on any atom is -0.510 e. The molecule has 3 aliphatic carbocycles. The molecule has 0 aromatic heterocycles. The Bertz CT molecular complexity index is 878. The molecule has 5 heteroatoms. The lowest BCUT2D eigenvalue weighted by Gasteiger charge is -2.40. The number of allylic oxidation sites excluding steroid dienone is 4. The van der Waals surface area contributed by atoms with Crippen molar-refractivity contribution in [1.29, 1.82) is 0 Å². The number of ketones is 3. The van der Waals surface area contributed by atoms with Crippen molar-refractivity contribution >= 4 is 17.3 Å². The predicted octanol–water partition coefficient (Wildman–Crippen LogP) is 4.34. The first kappa shape index (κ1) is 22.9. The van der Waals surface area contributed by atoms with Crippen molar-refractivity contribution in [3.63, 3.8) is 0 Å². The Labute approximate surface area is 179 Å². The zero-order valence-electron chi connectivity index (χ0n) is 19.5. The number of hydrogen-bond acceptors (Lipinski definition) is 5. The smallest absolute Gasteiger partial charge is 0.183 e. The molecule has 2 saturated carbocycles. The van der Waals surface area contributed by atoms with E-state index in [2.05, 4.69) is 0 Å². The van der Waals surface area contributed by atoms with Gasteiger partial charge in [0.05, 0.1) is 16.4 Å². The third-order valence-electron chi connectivity index (χ3n) is 8.11. The van der Waals surface area contributed by atoms with E-state index >= 15 is 0 Å². The van der Waals surface area contributed by atoms with Crippen molar-refractivity contribution in [1.82, 2.24) is 0 Å². The fraction of sp³-hybridized carbons (Fsp3) is 0.720. The largest absolute Gasteiger partial charge is 0.510 e. The van der Waals surface area contributed by atoms with Gasteiger partial charge in [0.25, 0.3) is 0 Å². The summed E-state index contributed by atoms with van der Waals surface area (Å²) in [5, 5.41) is 22.3. The average molecular weight is 417 g/mol. The normalized spacial score (nSPS) is 35.1. The molecule has 0 radical (unpaired) electrons. The summed E-state index contributed by atoms with van der Waals surface area (Å²) in [7, 11) is 0. The highest BCUT2D eigenvalue weighted by Crippen LogP contribution is 2.73. The molecule has 3 aliphatic rings. The van der Waals surface area contributed by atoms with Crippen LogP contribution in [0, 0.1) is 34.0 Å². The van der Waals surface area contributed by atoms with Crippen LogP contribution in [0.5, 0.6) is 0 Å². The van der Waals surface area contributed by atoms with Gasteiger partial charge >= 0.3 is 0 Å². The molecule has 0 aromatic carbocycles. The third-order valence-corrected chi connectivity index (χ3v) is 8.11. The van der Waals surface area contributed by atoms with E-state index in [4.69, 9.17) is 0 Å². The first-order valence-corrected chi connectivity index (χ1v) is 11.0. The standard InChI is InChI=1S/C25H36O5/c1-13(2)9-10-24-11-16-22(5,6)15(23(7,8)30)12-25(16,21(24)29)20(28)17(19(24)27)18(26)14(3)4/h9,14-16,28,30H,10-12H2,1-8H3/t15?,16?,24?,25-/m1/s1. The first-order chi connectivity index (χ1) is 13.5. The molecule has 0 aliphatic heterocycles. The summed E-state index contributed by atoms with van der Waals surface area (Å²) in [6.07, 6.45) is 2.69. The van der Waals surface area contributed by atoms with Crippen molar-refractivity contribution in [2.45, 2.75) is 80.3 Å². The summed E-state index contributed by atoms with van der Waals surface area (Å²) in [6, 6.07) is 0. The second kappa shape index (κ2) is 6.62. The van der Waals surface area contributed by atoms with E-state index in [1.165, 1.54) is 0 Å². The molecule has 1 spiro atoms. The predicted molar refractivity (Wildman–Crippen MR) is 115 cm³/mol. The maximum Gasteiger partial charge on any atom is 0.183 e. The van der Waals surface area contributed by atoms with Crippen LogP contribution in [0.1, 0.15) is 74.7 Å². The highest BCUT2D eigenvalue weighted by Gasteiger charge is 2.78. The van der Waals surface area contributed by atoms with Gasteiger partial charge in [0, 0.05) is 5.92 Å². The number of Topliss-reactive ketones (excluding diaryl/α,β-unsaturated/α-hetero) is 3. The highest BCUT2D eigenvalue weighted by molar-refractivity contribution is 6.32. The lowest BCUT2D eigenvalue weighted by molar-refractivity contribution is -0.144. The van der Waals surface area contributed by atoms with Gasteiger partial charge in [-0.2, -0.15) is 0 Å². The molecular weight excluding hydrogens is 380 g/mol. The second-order valence-corrected chi connectivity index (χ2v) is 11.4. The van der Waals surface area contributed by atoms with Crippen molar-refractivity contribution in [3.05, 3.63) is 23.0 Å². The molecule has 5 nitrogen and oxygen atoms in total. The van der Waals surface area contributed by atoms with E-state index in [1.807, 2.05) is 33.8 Å². The van der Waals surface area contributed by atoms with Gasteiger partial charge in [0.2, 0.25) is 0 Å². The summed E-state index contributed by atoms with van der Waals surface area (Å²) < 4.78 is 0. The van der Waals surface area contributed by atoms with Crippen molar-refractivity contribution in [2.24, 2.45) is 34.0 Å². The third kappa shape index (κ3) is 2.73. The summed E-state index contributed by atoms with van der Waals surface area (Å²) in [5.41, 5.74) is -3.32. The number of carbonyl (C=O) groups excluding carboxylic acids is 3. The topological polar surface area (TPSA) is 91.7 Å². The molecule has 0 aromatic rings. The zero-order valence-corrected chi connectivity index (χ0v) is 19.5.